The van der Waals surface area contributed by atoms with Gasteiger partial charge in [0.25, 0.3) is 5.91 Å². The van der Waals surface area contributed by atoms with Crippen LogP contribution in [0.15, 0.2) is 24.3 Å². The number of carbonyl (C=O) groups excluding carboxylic acids is 1. The minimum atomic E-state index is -0.0558. The van der Waals surface area contributed by atoms with Crippen LogP contribution >= 0.6 is 11.3 Å². The van der Waals surface area contributed by atoms with Crippen molar-refractivity contribution in [2.24, 2.45) is 0 Å². The Balaban J connectivity index is 1.68. The van der Waals surface area contributed by atoms with Crippen molar-refractivity contribution in [1.82, 2.24) is 10.2 Å². The van der Waals surface area contributed by atoms with Crippen molar-refractivity contribution in [3.63, 3.8) is 0 Å². The van der Waals surface area contributed by atoms with E-state index in [4.69, 9.17) is 5.73 Å². The van der Waals surface area contributed by atoms with Crippen molar-refractivity contribution in [2.45, 2.75) is 25.8 Å². The van der Waals surface area contributed by atoms with Gasteiger partial charge < -0.3 is 11.1 Å². The molecule has 1 fully saturated rings. The highest BCUT2D eigenvalue weighted by atomic mass is 32.1. The van der Waals surface area contributed by atoms with E-state index >= 15 is 0 Å². The Bertz CT molecular complexity index is 646. The molecule has 1 atom stereocenters. The highest BCUT2D eigenvalue weighted by Gasteiger charge is 2.20. The van der Waals surface area contributed by atoms with Gasteiger partial charge in [-0.25, -0.2) is 0 Å². The number of likely N-dealkylation sites (tertiary alicyclic amines) is 1. The summed E-state index contributed by atoms with van der Waals surface area (Å²) in [5.41, 5.74) is 6.71. The van der Waals surface area contributed by atoms with Crippen LogP contribution in [0.25, 0.3) is 10.1 Å². The lowest BCUT2D eigenvalue weighted by molar-refractivity contribution is 0.0945. The maximum atomic E-state index is 12.4. The first-order chi connectivity index (χ1) is 10.2. The molecule has 3 rings (SSSR count). The number of fused-ring (bicyclic) bond motifs is 1. The number of nitrogens with one attached hydrogen (secondary N) is 1. The molecule has 2 aromatic rings. The number of carbonyl (C=O) groups is 1. The lowest BCUT2D eigenvalue weighted by Crippen LogP contribution is -2.40. The Labute approximate surface area is 128 Å². The zero-order valence-corrected chi connectivity index (χ0v) is 13.1. The number of rotatable bonds is 4. The molecule has 112 valence electrons. The summed E-state index contributed by atoms with van der Waals surface area (Å²) in [6.45, 7) is 5.12. The third-order valence-electron chi connectivity index (χ3n) is 4.16. The van der Waals surface area contributed by atoms with E-state index < -0.39 is 0 Å². The summed E-state index contributed by atoms with van der Waals surface area (Å²) in [6, 6.07) is 8.26. The zero-order chi connectivity index (χ0) is 14.8. The Hall–Kier alpha value is -1.59. The molecule has 0 radical (unpaired) electrons. The second-order valence-corrected chi connectivity index (χ2v) is 6.70. The van der Waals surface area contributed by atoms with Crippen molar-refractivity contribution < 1.29 is 4.79 Å². The lowest BCUT2D eigenvalue weighted by Gasteiger charge is -2.23. The fourth-order valence-electron chi connectivity index (χ4n) is 2.87. The molecule has 1 aromatic heterocycles. The second-order valence-electron chi connectivity index (χ2n) is 5.64. The number of anilines is 1. The number of nitrogens with two attached hydrogens (primary N) is 1. The smallest absolute Gasteiger partial charge is 0.263 e. The molecule has 0 bridgehead atoms. The molecule has 1 unspecified atom stereocenters. The molecule has 0 spiro atoms. The molecular weight excluding hydrogens is 282 g/mol. The van der Waals surface area contributed by atoms with Gasteiger partial charge in [0.15, 0.2) is 0 Å². The molecular formula is C16H21N3OS. The topological polar surface area (TPSA) is 58.4 Å². The molecule has 3 N–H and O–H groups in total. The van der Waals surface area contributed by atoms with Crippen molar-refractivity contribution in [2.75, 3.05) is 25.4 Å². The van der Waals surface area contributed by atoms with E-state index in [1.807, 2.05) is 24.3 Å². The predicted octanol–water partition coefficient (Wildman–Crippen LogP) is 2.70. The van der Waals surface area contributed by atoms with E-state index in [0.29, 0.717) is 23.2 Å². The Morgan fingerprint density at radius 2 is 2.10 bits per heavy atom. The third kappa shape index (κ3) is 2.89. The summed E-state index contributed by atoms with van der Waals surface area (Å²) in [5, 5.41) is 4.00. The number of benzene rings is 1. The Morgan fingerprint density at radius 1 is 1.38 bits per heavy atom. The van der Waals surface area contributed by atoms with Crippen LogP contribution in [-0.4, -0.2) is 36.5 Å². The summed E-state index contributed by atoms with van der Waals surface area (Å²) < 4.78 is 1.06. The van der Waals surface area contributed by atoms with E-state index in [9.17, 15) is 4.79 Å². The molecule has 21 heavy (non-hydrogen) atoms. The molecule has 1 aliphatic heterocycles. The first-order valence-electron chi connectivity index (χ1n) is 7.46. The summed E-state index contributed by atoms with van der Waals surface area (Å²) in [5.74, 6) is -0.0558. The van der Waals surface area contributed by atoms with Crippen LogP contribution in [0, 0.1) is 0 Å². The van der Waals surface area contributed by atoms with Crippen LogP contribution in [0.3, 0.4) is 0 Å². The van der Waals surface area contributed by atoms with E-state index in [0.717, 1.165) is 23.2 Å². The van der Waals surface area contributed by atoms with Gasteiger partial charge in [-0.1, -0.05) is 18.2 Å². The first kappa shape index (κ1) is 14.4. The summed E-state index contributed by atoms with van der Waals surface area (Å²) >= 11 is 1.47. The van der Waals surface area contributed by atoms with Crippen molar-refractivity contribution >= 4 is 33.0 Å². The van der Waals surface area contributed by atoms with Crippen molar-refractivity contribution in [3.8, 4) is 0 Å². The van der Waals surface area contributed by atoms with Gasteiger partial charge in [-0.05, 0) is 38.9 Å². The van der Waals surface area contributed by atoms with Crippen molar-refractivity contribution in [1.29, 1.82) is 0 Å². The van der Waals surface area contributed by atoms with Gasteiger partial charge in [0, 0.05) is 22.7 Å². The zero-order valence-electron chi connectivity index (χ0n) is 12.3. The van der Waals surface area contributed by atoms with Gasteiger partial charge >= 0.3 is 0 Å². The summed E-state index contributed by atoms with van der Waals surface area (Å²) in [7, 11) is 0. The lowest BCUT2D eigenvalue weighted by atomic mass is 10.2. The molecule has 4 nitrogen and oxygen atoms in total. The van der Waals surface area contributed by atoms with Crippen molar-refractivity contribution in [3.05, 3.63) is 29.1 Å². The normalized spacial score (nSPS) is 17.2. The van der Waals surface area contributed by atoms with Gasteiger partial charge in [-0.3, -0.25) is 9.69 Å². The molecule has 1 aromatic carbocycles. The molecule has 5 heteroatoms. The molecule has 1 aliphatic rings. The largest absolute Gasteiger partial charge is 0.397 e. The quantitative estimate of drug-likeness (QED) is 0.913. The van der Waals surface area contributed by atoms with Gasteiger partial charge in [0.05, 0.1) is 5.69 Å². The summed E-state index contributed by atoms with van der Waals surface area (Å²) in [6.07, 6.45) is 2.53. The number of nitrogens with zero attached hydrogens (tertiary/aromatic N) is 1. The van der Waals surface area contributed by atoms with Crippen LogP contribution in [0.4, 0.5) is 5.69 Å². The second kappa shape index (κ2) is 6.03. The predicted molar refractivity (Wildman–Crippen MR) is 88.8 cm³/mol. The fraction of sp³-hybridized carbons (Fsp3) is 0.438. The van der Waals surface area contributed by atoms with Crippen LogP contribution in [0.2, 0.25) is 0 Å². The van der Waals surface area contributed by atoms with Crippen LogP contribution in [0.1, 0.15) is 29.4 Å². The monoisotopic (exact) mass is 303 g/mol. The maximum Gasteiger partial charge on any atom is 0.263 e. The van der Waals surface area contributed by atoms with Gasteiger partial charge in [-0.2, -0.15) is 0 Å². The van der Waals surface area contributed by atoms with E-state index in [1.165, 1.54) is 24.2 Å². The number of hydrogen-bond donors (Lipinski definition) is 2. The average molecular weight is 303 g/mol. The Morgan fingerprint density at radius 3 is 2.81 bits per heavy atom. The van der Waals surface area contributed by atoms with Crippen LogP contribution in [-0.2, 0) is 0 Å². The van der Waals surface area contributed by atoms with Gasteiger partial charge in [0.2, 0.25) is 0 Å². The average Bonchev–Trinajstić information content (AvgIpc) is 3.13. The SMILES string of the molecule is CC(CNC(=O)c1sc2ccccc2c1N)N1CCCC1. The molecule has 0 saturated carbocycles. The maximum absolute atomic E-state index is 12.4. The fourth-order valence-corrected chi connectivity index (χ4v) is 3.91. The van der Waals surface area contributed by atoms with E-state index in [2.05, 4.69) is 17.1 Å². The number of amides is 1. The van der Waals surface area contributed by atoms with Gasteiger partial charge in [0.1, 0.15) is 4.88 Å². The number of thiophene rings is 1. The van der Waals surface area contributed by atoms with Crippen LogP contribution in [0.5, 0.6) is 0 Å². The highest BCUT2D eigenvalue weighted by Crippen LogP contribution is 2.33. The van der Waals surface area contributed by atoms with E-state index in [-0.39, 0.29) is 5.91 Å². The Kier molecular flexibility index (Phi) is 4.12. The molecule has 1 amide bonds. The number of nitrogen functional groups attached to an aromatic ring is 1. The number of hydrogen-bond acceptors (Lipinski definition) is 4. The van der Waals surface area contributed by atoms with Gasteiger partial charge in [-0.15, -0.1) is 11.3 Å². The first-order valence-corrected chi connectivity index (χ1v) is 8.27. The molecule has 1 saturated heterocycles. The molecule has 0 aliphatic carbocycles. The highest BCUT2D eigenvalue weighted by molar-refractivity contribution is 7.21. The van der Waals surface area contributed by atoms with E-state index in [1.54, 1.807) is 0 Å². The third-order valence-corrected chi connectivity index (χ3v) is 5.35. The minimum absolute atomic E-state index is 0.0558. The van der Waals surface area contributed by atoms with Crippen LogP contribution < -0.4 is 11.1 Å². The minimum Gasteiger partial charge on any atom is -0.397 e. The standard InChI is InChI=1S/C16H21N3OS/c1-11(19-8-4-5-9-19)10-18-16(20)15-14(17)12-6-2-3-7-13(12)21-15/h2-3,6-7,11H,4-5,8-10,17H2,1H3,(H,18,20). The summed E-state index contributed by atoms with van der Waals surface area (Å²) in [4.78, 5) is 15.4. The molecule has 2 heterocycles.